The van der Waals surface area contributed by atoms with Gasteiger partial charge in [-0.2, -0.15) is 5.26 Å². The molecule has 1 aromatic heterocycles. The van der Waals surface area contributed by atoms with E-state index < -0.39 is 0 Å². The second-order valence-electron chi connectivity index (χ2n) is 7.43. The van der Waals surface area contributed by atoms with E-state index in [1.165, 1.54) is 0 Å². The minimum absolute atomic E-state index is 0.159. The highest BCUT2D eigenvalue weighted by molar-refractivity contribution is 5.95. The molecule has 0 radical (unpaired) electrons. The van der Waals surface area contributed by atoms with E-state index in [9.17, 15) is 5.26 Å². The third-order valence-electron chi connectivity index (χ3n) is 5.30. The summed E-state index contributed by atoms with van der Waals surface area (Å²) in [7, 11) is 0. The summed E-state index contributed by atoms with van der Waals surface area (Å²) < 4.78 is 6.20. The van der Waals surface area contributed by atoms with Crippen LogP contribution in [-0.2, 0) is 4.74 Å². The lowest BCUT2D eigenvalue weighted by atomic mass is 10.1. The zero-order valence-corrected chi connectivity index (χ0v) is 15.1. The van der Waals surface area contributed by atoms with Crippen molar-refractivity contribution in [1.29, 1.82) is 5.26 Å². The Hall–Kier alpha value is -2.20. The molecule has 3 atom stereocenters. The molecule has 2 aromatic rings. The maximum Gasteiger partial charge on any atom is 0.101 e. The normalized spacial score (nSPS) is 27.0. The summed E-state index contributed by atoms with van der Waals surface area (Å²) in [6.07, 6.45) is 3.13. The summed E-state index contributed by atoms with van der Waals surface area (Å²) >= 11 is 0. The van der Waals surface area contributed by atoms with Gasteiger partial charge in [0, 0.05) is 49.5 Å². The van der Waals surface area contributed by atoms with Crippen LogP contribution in [0.3, 0.4) is 0 Å². The van der Waals surface area contributed by atoms with Crippen LogP contribution in [0.5, 0.6) is 0 Å². The topological polar surface area (TPSA) is 78.4 Å². The molecule has 2 aliphatic heterocycles. The molecular weight excluding hydrogens is 326 g/mol. The molecule has 2 saturated heterocycles. The number of anilines is 1. The highest BCUT2D eigenvalue weighted by atomic mass is 16.5. The van der Waals surface area contributed by atoms with Crippen molar-refractivity contribution in [2.24, 2.45) is 5.73 Å². The van der Waals surface area contributed by atoms with E-state index in [0.29, 0.717) is 11.6 Å². The van der Waals surface area contributed by atoms with Crippen LogP contribution in [0.1, 0.15) is 18.9 Å². The van der Waals surface area contributed by atoms with Gasteiger partial charge in [0.25, 0.3) is 0 Å². The molecule has 2 aliphatic rings. The Morgan fingerprint density at radius 3 is 2.96 bits per heavy atom. The van der Waals surface area contributed by atoms with Gasteiger partial charge in [0.1, 0.15) is 6.07 Å². The number of nitrogens with two attached hydrogens (primary N) is 1. The summed E-state index contributed by atoms with van der Waals surface area (Å²) in [6, 6.07) is 10.4. The number of hydrogen-bond donors (Lipinski definition) is 1. The first-order chi connectivity index (χ1) is 12.6. The summed E-state index contributed by atoms with van der Waals surface area (Å²) in [5.74, 6) is 0. The molecule has 1 aromatic carbocycles. The first-order valence-electron chi connectivity index (χ1n) is 9.30. The van der Waals surface area contributed by atoms with Crippen molar-refractivity contribution in [3.8, 4) is 6.07 Å². The third-order valence-corrected chi connectivity index (χ3v) is 5.30. The standard InChI is InChI=1S/C20H25N5O/c1-14-10-25(13-17(26-14)12-24-8-6-16(22)11-24)19-5-4-15(9-21)20-18(19)3-2-7-23-20/h2-5,7,14,16-17H,6,8,10-13,22H2,1H3/t14-,16+,17-/m1/s1. The number of ether oxygens (including phenoxy) is 1. The average molecular weight is 351 g/mol. The Morgan fingerprint density at radius 2 is 2.19 bits per heavy atom. The van der Waals surface area contributed by atoms with Crippen LogP contribution in [-0.4, -0.2) is 60.9 Å². The molecular formula is C20H25N5O. The number of fused-ring (bicyclic) bond motifs is 1. The lowest BCUT2D eigenvalue weighted by molar-refractivity contribution is -0.0294. The largest absolute Gasteiger partial charge is 0.370 e. The Balaban J connectivity index is 1.59. The van der Waals surface area contributed by atoms with E-state index in [-0.39, 0.29) is 12.2 Å². The Labute approximate surface area is 154 Å². The SMILES string of the molecule is C[C@@H]1CN(c2ccc(C#N)c3ncccc23)C[C@@H](CN2CC[C@H](N)C2)O1. The van der Waals surface area contributed by atoms with Crippen LogP contribution >= 0.6 is 0 Å². The van der Waals surface area contributed by atoms with Crippen molar-refractivity contribution in [2.45, 2.75) is 31.6 Å². The lowest BCUT2D eigenvalue weighted by Gasteiger charge is -2.40. The van der Waals surface area contributed by atoms with Gasteiger partial charge in [-0.1, -0.05) is 0 Å². The fourth-order valence-corrected chi connectivity index (χ4v) is 4.18. The third kappa shape index (κ3) is 3.38. The number of nitrogens with zero attached hydrogens (tertiary/aromatic N) is 4. The molecule has 6 heteroatoms. The fraction of sp³-hybridized carbons (Fsp3) is 0.500. The van der Waals surface area contributed by atoms with Crippen molar-refractivity contribution in [1.82, 2.24) is 9.88 Å². The molecule has 6 nitrogen and oxygen atoms in total. The molecule has 0 aliphatic carbocycles. The van der Waals surface area contributed by atoms with Gasteiger partial charge in [-0.05, 0) is 44.2 Å². The molecule has 2 fully saturated rings. The van der Waals surface area contributed by atoms with Crippen molar-refractivity contribution in [3.63, 3.8) is 0 Å². The highest BCUT2D eigenvalue weighted by Gasteiger charge is 2.30. The number of rotatable bonds is 3. The van der Waals surface area contributed by atoms with Crippen molar-refractivity contribution >= 4 is 16.6 Å². The van der Waals surface area contributed by atoms with Gasteiger partial charge in [0.2, 0.25) is 0 Å². The summed E-state index contributed by atoms with van der Waals surface area (Å²) in [5.41, 5.74) is 8.56. The number of likely N-dealkylation sites (tertiary alicyclic amines) is 1. The zero-order chi connectivity index (χ0) is 18.1. The number of pyridine rings is 1. The monoisotopic (exact) mass is 351 g/mol. The number of nitriles is 1. The van der Waals surface area contributed by atoms with Crippen LogP contribution < -0.4 is 10.6 Å². The van der Waals surface area contributed by atoms with Gasteiger partial charge < -0.3 is 15.4 Å². The molecule has 26 heavy (non-hydrogen) atoms. The van der Waals surface area contributed by atoms with Gasteiger partial charge in [0.05, 0.1) is 23.3 Å². The molecule has 2 N–H and O–H groups in total. The first kappa shape index (κ1) is 17.2. The fourth-order valence-electron chi connectivity index (χ4n) is 4.18. The summed E-state index contributed by atoms with van der Waals surface area (Å²) in [5, 5.41) is 10.4. The van der Waals surface area contributed by atoms with Gasteiger partial charge in [-0.3, -0.25) is 9.88 Å². The van der Waals surface area contributed by atoms with Crippen molar-refractivity contribution < 1.29 is 4.74 Å². The molecule has 0 amide bonds. The molecule has 136 valence electrons. The maximum absolute atomic E-state index is 9.36. The second-order valence-corrected chi connectivity index (χ2v) is 7.43. The number of aromatic nitrogens is 1. The highest BCUT2D eigenvalue weighted by Crippen LogP contribution is 2.30. The van der Waals surface area contributed by atoms with E-state index in [2.05, 4.69) is 27.8 Å². The smallest absolute Gasteiger partial charge is 0.101 e. The molecule has 4 rings (SSSR count). The summed E-state index contributed by atoms with van der Waals surface area (Å²) in [4.78, 5) is 9.22. The predicted octanol–water partition coefficient (Wildman–Crippen LogP) is 1.73. The van der Waals surface area contributed by atoms with Crippen LogP contribution in [0.15, 0.2) is 30.5 Å². The van der Waals surface area contributed by atoms with E-state index in [1.807, 2.05) is 24.3 Å². The molecule has 3 heterocycles. The maximum atomic E-state index is 9.36. The van der Waals surface area contributed by atoms with E-state index >= 15 is 0 Å². The Kier molecular flexibility index (Phi) is 4.77. The van der Waals surface area contributed by atoms with Crippen molar-refractivity contribution in [2.75, 3.05) is 37.6 Å². The average Bonchev–Trinajstić information content (AvgIpc) is 3.05. The van der Waals surface area contributed by atoms with Gasteiger partial charge in [0.15, 0.2) is 0 Å². The summed E-state index contributed by atoms with van der Waals surface area (Å²) in [6.45, 7) is 6.73. The van der Waals surface area contributed by atoms with Gasteiger partial charge in [-0.15, -0.1) is 0 Å². The molecule has 0 bridgehead atoms. The van der Waals surface area contributed by atoms with Gasteiger partial charge in [-0.25, -0.2) is 0 Å². The van der Waals surface area contributed by atoms with Crippen LogP contribution in [0.4, 0.5) is 5.69 Å². The predicted molar refractivity (Wildman–Crippen MR) is 102 cm³/mol. The molecule has 0 saturated carbocycles. The van der Waals surface area contributed by atoms with Crippen LogP contribution in [0.25, 0.3) is 10.9 Å². The molecule has 0 unspecified atom stereocenters. The van der Waals surface area contributed by atoms with E-state index in [1.54, 1.807) is 6.20 Å². The Bertz CT molecular complexity index is 833. The lowest BCUT2D eigenvalue weighted by Crippen LogP contribution is -2.50. The van der Waals surface area contributed by atoms with E-state index in [0.717, 1.165) is 55.7 Å². The van der Waals surface area contributed by atoms with E-state index in [4.69, 9.17) is 10.5 Å². The minimum atomic E-state index is 0.159. The number of morpholine rings is 1. The van der Waals surface area contributed by atoms with Crippen molar-refractivity contribution in [3.05, 3.63) is 36.0 Å². The number of benzene rings is 1. The molecule has 0 spiro atoms. The second kappa shape index (κ2) is 7.20. The Morgan fingerprint density at radius 1 is 1.31 bits per heavy atom. The quantitative estimate of drug-likeness (QED) is 0.907. The zero-order valence-electron chi connectivity index (χ0n) is 15.1. The first-order valence-corrected chi connectivity index (χ1v) is 9.30. The number of hydrogen-bond acceptors (Lipinski definition) is 6. The van der Waals surface area contributed by atoms with Crippen LogP contribution in [0.2, 0.25) is 0 Å². The van der Waals surface area contributed by atoms with Gasteiger partial charge >= 0.3 is 0 Å². The minimum Gasteiger partial charge on any atom is -0.370 e. The van der Waals surface area contributed by atoms with Crippen LogP contribution in [0, 0.1) is 11.3 Å².